The van der Waals surface area contributed by atoms with Crippen molar-refractivity contribution in [3.05, 3.63) is 63.4 Å². The van der Waals surface area contributed by atoms with E-state index in [4.69, 9.17) is 10.1 Å². The van der Waals surface area contributed by atoms with Gasteiger partial charge in [-0.25, -0.2) is 4.39 Å². The van der Waals surface area contributed by atoms with Crippen LogP contribution in [0.4, 0.5) is 4.39 Å². The predicted octanol–water partition coefficient (Wildman–Crippen LogP) is 5.14. The van der Waals surface area contributed by atoms with Crippen LogP contribution >= 0.6 is 15.9 Å². The SMILES string of the molecule is COc1ccc(Br)cc1CCc1c(F)cccc1C(=O)NC(=N)NCCCCN1CCC(C(=O)N2CCCCC2)CC1. The van der Waals surface area contributed by atoms with Crippen molar-refractivity contribution in [2.45, 2.75) is 57.8 Å². The van der Waals surface area contributed by atoms with E-state index in [1.165, 1.54) is 18.6 Å². The lowest BCUT2D eigenvalue weighted by molar-refractivity contribution is -0.138. The molecule has 0 radical (unpaired) electrons. The van der Waals surface area contributed by atoms with Crippen LogP contribution in [-0.4, -0.2) is 74.0 Å². The highest BCUT2D eigenvalue weighted by Crippen LogP contribution is 2.26. The van der Waals surface area contributed by atoms with Crippen LogP contribution in [0.1, 0.15) is 66.4 Å². The Morgan fingerprint density at radius 3 is 2.55 bits per heavy atom. The summed E-state index contributed by atoms with van der Waals surface area (Å²) >= 11 is 3.46. The molecule has 2 heterocycles. The standard InChI is InChI=1S/C32H43BrFN5O3/c1-42-29-13-11-25(33)22-24(29)10-12-26-27(8-7-9-28(26)34)30(40)37-32(35)36-16-3-6-17-38-20-14-23(15-21-38)31(41)39-18-4-2-5-19-39/h7-9,11,13,22-23H,2-6,10,12,14-21H2,1H3,(H3,35,36,37,40). The van der Waals surface area contributed by atoms with E-state index < -0.39 is 11.7 Å². The lowest BCUT2D eigenvalue weighted by atomic mass is 9.94. The quantitative estimate of drug-likeness (QED) is 0.179. The number of likely N-dealkylation sites (tertiary alicyclic amines) is 2. The number of carbonyl (C=O) groups is 2. The molecule has 4 rings (SSSR count). The van der Waals surface area contributed by atoms with Crippen molar-refractivity contribution in [2.75, 3.05) is 46.4 Å². The molecule has 228 valence electrons. The summed E-state index contributed by atoms with van der Waals surface area (Å²) in [6, 6.07) is 10.1. The van der Waals surface area contributed by atoms with Crippen LogP contribution in [0.2, 0.25) is 0 Å². The van der Waals surface area contributed by atoms with E-state index >= 15 is 0 Å². The van der Waals surface area contributed by atoms with Gasteiger partial charge in [0.1, 0.15) is 11.6 Å². The Kier molecular flexibility index (Phi) is 12.2. The number of amides is 2. The second-order valence-electron chi connectivity index (χ2n) is 11.2. The van der Waals surface area contributed by atoms with E-state index in [0.29, 0.717) is 36.6 Å². The Morgan fingerprint density at radius 1 is 1.05 bits per heavy atom. The van der Waals surface area contributed by atoms with Gasteiger partial charge in [-0.2, -0.15) is 0 Å². The molecule has 2 saturated heterocycles. The van der Waals surface area contributed by atoms with Gasteiger partial charge in [0.05, 0.1) is 7.11 Å². The summed E-state index contributed by atoms with van der Waals surface area (Å²) in [5, 5.41) is 13.7. The van der Waals surface area contributed by atoms with Crippen LogP contribution in [0.25, 0.3) is 0 Å². The summed E-state index contributed by atoms with van der Waals surface area (Å²) in [7, 11) is 1.59. The number of nitrogens with zero attached hydrogens (tertiary/aromatic N) is 2. The molecule has 0 atom stereocenters. The fourth-order valence-electron chi connectivity index (χ4n) is 5.90. The number of rotatable bonds is 11. The number of guanidine groups is 1. The third-order valence-corrected chi connectivity index (χ3v) is 8.79. The molecule has 0 aromatic heterocycles. The highest BCUT2D eigenvalue weighted by atomic mass is 79.9. The molecule has 2 amide bonds. The van der Waals surface area contributed by atoms with E-state index in [2.05, 4.69) is 36.4 Å². The van der Waals surface area contributed by atoms with Gasteiger partial charge in [-0.1, -0.05) is 22.0 Å². The van der Waals surface area contributed by atoms with Crippen molar-refractivity contribution >= 4 is 33.7 Å². The maximum absolute atomic E-state index is 14.8. The van der Waals surface area contributed by atoms with Crippen LogP contribution in [0.15, 0.2) is 40.9 Å². The van der Waals surface area contributed by atoms with Crippen molar-refractivity contribution < 1.29 is 18.7 Å². The predicted molar refractivity (Wildman–Crippen MR) is 167 cm³/mol. The van der Waals surface area contributed by atoms with Gasteiger partial charge in [-0.15, -0.1) is 0 Å². The summed E-state index contributed by atoms with van der Waals surface area (Å²) in [4.78, 5) is 30.2. The van der Waals surface area contributed by atoms with Crippen LogP contribution < -0.4 is 15.4 Å². The molecular formula is C32H43BrFN5O3. The van der Waals surface area contributed by atoms with Gasteiger partial charge in [0.25, 0.3) is 5.91 Å². The summed E-state index contributed by atoms with van der Waals surface area (Å²) < 4.78 is 21.1. The minimum absolute atomic E-state index is 0.0964. The number of carbonyl (C=O) groups excluding carboxylic acids is 2. The van der Waals surface area contributed by atoms with E-state index in [0.717, 1.165) is 81.3 Å². The Balaban J connectivity index is 1.16. The summed E-state index contributed by atoms with van der Waals surface area (Å²) in [5.41, 5.74) is 1.44. The fourth-order valence-corrected chi connectivity index (χ4v) is 6.31. The number of nitrogens with one attached hydrogen (secondary N) is 3. The number of hydrogen-bond acceptors (Lipinski definition) is 5. The third-order valence-electron chi connectivity index (χ3n) is 8.30. The first-order valence-corrected chi connectivity index (χ1v) is 15.9. The molecule has 10 heteroatoms. The Bertz CT molecular complexity index is 1230. The monoisotopic (exact) mass is 643 g/mol. The zero-order valence-corrected chi connectivity index (χ0v) is 26.1. The second-order valence-corrected chi connectivity index (χ2v) is 12.1. The number of hydrogen-bond donors (Lipinski definition) is 3. The number of aryl methyl sites for hydroxylation is 1. The van der Waals surface area contributed by atoms with E-state index in [1.54, 1.807) is 13.2 Å². The highest BCUT2D eigenvalue weighted by Gasteiger charge is 2.29. The lowest BCUT2D eigenvalue weighted by Gasteiger charge is -2.35. The molecule has 0 saturated carbocycles. The van der Waals surface area contributed by atoms with Crippen molar-refractivity contribution in [3.63, 3.8) is 0 Å². The fraction of sp³-hybridized carbons (Fsp3) is 0.531. The third kappa shape index (κ3) is 9.01. The van der Waals surface area contributed by atoms with Gasteiger partial charge in [0, 0.05) is 41.2 Å². The maximum Gasteiger partial charge on any atom is 0.258 e. The molecule has 2 aliphatic rings. The molecule has 42 heavy (non-hydrogen) atoms. The van der Waals surface area contributed by atoms with Crippen LogP contribution in [0, 0.1) is 17.1 Å². The number of piperidine rings is 2. The van der Waals surface area contributed by atoms with Crippen molar-refractivity contribution in [2.24, 2.45) is 5.92 Å². The number of ether oxygens (including phenoxy) is 1. The van der Waals surface area contributed by atoms with Crippen LogP contribution in [0.5, 0.6) is 5.75 Å². The second kappa shape index (κ2) is 16.0. The zero-order valence-electron chi connectivity index (χ0n) is 24.5. The van der Waals surface area contributed by atoms with Gasteiger partial charge in [-0.05, 0) is 113 Å². The zero-order chi connectivity index (χ0) is 29.9. The largest absolute Gasteiger partial charge is 0.496 e. The minimum atomic E-state index is -0.509. The molecule has 0 aliphatic carbocycles. The van der Waals surface area contributed by atoms with E-state index in [1.807, 2.05) is 18.2 Å². The first kappa shape index (κ1) is 31.9. The van der Waals surface area contributed by atoms with E-state index in [-0.39, 0.29) is 17.4 Å². The van der Waals surface area contributed by atoms with Gasteiger partial charge < -0.3 is 19.9 Å². The Labute approximate surface area is 257 Å². The number of methoxy groups -OCH3 is 1. The molecular weight excluding hydrogens is 601 g/mol. The molecule has 3 N–H and O–H groups in total. The van der Waals surface area contributed by atoms with Crippen molar-refractivity contribution in [1.82, 2.24) is 20.4 Å². The Morgan fingerprint density at radius 2 is 1.81 bits per heavy atom. The van der Waals surface area contributed by atoms with Crippen LogP contribution in [-0.2, 0) is 17.6 Å². The van der Waals surface area contributed by atoms with Gasteiger partial charge in [-0.3, -0.25) is 20.3 Å². The normalized spacial score (nSPS) is 16.2. The van der Waals surface area contributed by atoms with Crippen molar-refractivity contribution in [3.8, 4) is 5.75 Å². The molecule has 0 bridgehead atoms. The molecule has 2 fully saturated rings. The highest BCUT2D eigenvalue weighted by molar-refractivity contribution is 9.10. The maximum atomic E-state index is 14.8. The topological polar surface area (TPSA) is 97.8 Å². The number of unbranched alkanes of at least 4 members (excludes halogenated alkanes) is 1. The molecule has 8 nitrogen and oxygen atoms in total. The summed E-state index contributed by atoms with van der Waals surface area (Å²) in [5.74, 6) is 0.183. The van der Waals surface area contributed by atoms with Gasteiger partial charge in [0.15, 0.2) is 5.96 Å². The summed E-state index contributed by atoms with van der Waals surface area (Å²) in [6.07, 6.45) is 7.99. The molecule has 2 aromatic rings. The minimum Gasteiger partial charge on any atom is -0.496 e. The lowest BCUT2D eigenvalue weighted by Crippen LogP contribution is -2.44. The molecule has 0 unspecified atom stereocenters. The smallest absolute Gasteiger partial charge is 0.258 e. The van der Waals surface area contributed by atoms with Crippen LogP contribution in [0.3, 0.4) is 0 Å². The molecule has 2 aromatic carbocycles. The first-order chi connectivity index (χ1) is 20.4. The number of benzene rings is 2. The van der Waals surface area contributed by atoms with Crippen molar-refractivity contribution in [1.29, 1.82) is 5.41 Å². The van der Waals surface area contributed by atoms with E-state index in [9.17, 15) is 14.0 Å². The molecule has 2 aliphatic heterocycles. The average Bonchev–Trinajstić information content (AvgIpc) is 3.00. The first-order valence-electron chi connectivity index (χ1n) is 15.1. The van der Waals surface area contributed by atoms with Gasteiger partial charge in [0.2, 0.25) is 5.91 Å². The van der Waals surface area contributed by atoms with Gasteiger partial charge >= 0.3 is 0 Å². The molecule has 0 spiro atoms. The number of halogens is 2. The summed E-state index contributed by atoms with van der Waals surface area (Å²) in [6.45, 7) is 5.27. The Hall–Kier alpha value is -2.98. The average molecular weight is 645 g/mol.